The van der Waals surface area contributed by atoms with Crippen LogP contribution in [0.4, 0.5) is 13.2 Å². The van der Waals surface area contributed by atoms with E-state index in [0.717, 1.165) is 11.4 Å². The first-order valence-corrected chi connectivity index (χ1v) is 6.67. The van der Waals surface area contributed by atoms with E-state index in [4.69, 9.17) is 4.74 Å². The topological polar surface area (TPSA) is 26.3 Å². The van der Waals surface area contributed by atoms with Crippen molar-refractivity contribution in [2.75, 3.05) is 0 Å². The van der Waals surface area contributed by atoms with E-state index < -0.39 is 38.5 Å². The molecular formula is C11H11F3O2Se. The molecule has 0 fully saturated rings. The summed E-state index contributed by atoms with van der Waals surface area (Å²) in [5.41, 5.74) is 0. The number of rotatable bonds is 4. The Morgan fingerprint density at radius 2 is 1.94 bits per heavy atom. The number of esters is 1. The Morgan fingerprint density at radius 1 is 1.35 bits per heavy atom. The van der Waals surface area contributed by atoms with Crippen LogP contribution < -0.4 is 4.46 Å². The van der Waals surface area contributed by atoms with Gasteiger partial charge in [0.15, 0.2) is 0 Å². The molecule has 0 saturated heterocycles. The first-order valence-electron chi connectivity index (χ1n) is 4.82. The van der Waals surface area contributed by atoms with Gasteiger partial charge in [-0.05, 0) is 0 Å². The molecule has 2 nitrogen and oxygen atoms in total. The number of hydrogen-bond donors (Lipinski definition) is 0. The monoisotopic (exact) mass is 312 g/mol. The number of ether oxygens (including phenoxy) is 1. The molecule has 0 aliphatic carbocycles. The van der Waals surface area contributed by atoms with E-state index in [-0.39, 0.29) is 0 Å². The van der Waals surface area contributed by atoms with Crippen molar-refractivity contribution in [3.63, 3.8) is 0 Å². The Kier molecular flexibility index (Phi) is 5.02. The third-order valence-electron chi connectivity index (χ3n) is 1.71. The van der Waals surface area contributed by atoms with Gasteiger partial charge in [0.1, 0.15) is 0 Å². The molecule has 1 unspecified atom stereocenters. The normalized spacial score (nSPS) is 13.2. The van der Waals surface area contributed by atoms with Crippen LogP contribution in [0.5, 0.6) is 0 Å². The summed E-state index contributed by atoms with van der Waals surface area (Å²) < 4.78 is 42.3. The molecule has 94 valence electrons. The van der Waals surface area contributed by atoms with Crippen molar-refractivity contribution < 1.29 is 22.7 Å². The van der Waals surface area contributed by atoms with E-state index in [1.54, 1.807) is 30.3 Å². The average Bonchev–Trinajstić information content (AvgIpc) is 2.15. The summed E-state index contributed by atoms with van der Waals surface area (Å²) in [6.45, 7) is 1.12. The van der Waals surface area contributed by atoms with Gasteiger partial charge in [-0.2, -0.15) is 0 Å². The van der Waals surface area contributed by atoms with E-state index in [1.807, 2.05) is 0 Å². The Hall–Kier alpha value is -1.00. The second-order valence-electron chi connectivity index (χ2n) is 3.29. The van der Waals surface area contributed by atoms with Gasteiger partial charge in [0.05, 0.1) is 0 Å². The van der Waals surface area contributed by atoms with Crippen LogP contribution in [0.15, 0.2) is 30.3 Å². The predicted octanol–water partition coefficient (Wildman–Crippen LogP) is 1.86. The number of benzene rings is 1. The van der Waals surface area contributed by atoms with E-state index >= 15 is 0 Å². The summed E-state index contributed by atoms with van der Waals surface area (Å²) in [4.78, 5) is 10.8. The van der Waals surface area contributed by atoms with Crippen molar-refractivity contribution in [3.05, 3.63) is 30.3 Å². The molecule has 0 radical (unpaired) electrons. The minimum absolute atomic E-state index is 0.539. The first kappa shape index (κ1) is 14.1. The van der Waals surface area contributed by atoms with Gasteiger partial charge in [0.2, 0.25) is 0 Å². The third-order valence-corrected chi connectivity index (χ3v) is 3.95. The Morgan fingerprint density at radius 3 is 2.41 bits per heavy atom. The van der Waals surface area contributed by atoms with E-state index in [2.05, 4.69) is 0 Å². The molecule has 0 heterocycles. The van der Waals surface area contributed by atoms with Crippen molar-refractivity contribution in [1.82, 2.24) is 0 Å². The molecule has 1 aromatic carbocycles. The number of halogens is 3. The summed E-state index contributed by atoms with van der Waals surface area (Å²) in [6, 6.07) is 8.73. The molecular weight excluding hydrogens is 300 g/mol. The molecule has 6 heteroatoms. The second-order valence-corrected chi connectivity index (χ2v) is 5.88. The van der Waals surface area contributed by atoms with E-state index in [1.165, 1.54) is 0 Å². The number of alkyl halides is 3. The summed E-state index contributed by atoms with van der Waals surface area (Å²) in [5.74, 6) is -0.683. The maximum absolute atomic E-state index is 12.3. The van der Waals surface area contributed by atoms with Crippen LogP contribution in [0.3, 0.4) is 0 Å². The fourth-order valence-electron chi connectivity index (χ4n) is 1.13. The molecule has 0 N–H and O–H groups in total. The molecule has 0 amide bonds. The summed E-state index contributed by atoms with van der Waals surface area (Å²) in [6.07, 6.45) is -5.42. The Labute approximate surface area is 103 Å². The third kappa shape index (κ3) is 6.34. The van der Waals surface area contributed by atoms with Crippen LogP contribution in [0, 0.1) is 0 Å². The number of hydrogen-bond acceptors (Lipinski definition) is 2. The summed E-state index contributed by atoms with van der Waals surface area (Å²) in [5, 5.41) is -1.10. The van der Waals surface area contributed by atoms with Crippen molar-refractivity contribution in [2.24, 2.45) is 0 Å². The van der Waals surface area contributed by atoms with Gasteiger partial charge in [0.25, 0.3) is 0 Å². The zero-order valence-corrected chi connectivity index (χ0v) is 10.7. The van der Waals surface area contributed by atoms with Gasteiger partial charge in [0, 0.05) is 0 Å². The molecule has 0 bridgehead atoms. The molecule has 1 rings (SSSR count). The van der Waals surface area contributed by atoms with Crippen molar-refractivity contribution in [1.29, 1.82) is 0 Å². The van der Waals surface area contributed by atoms with Crippen LogP contribution in [0.2, 0.25) is 0 Å². The maximum atomic E-state index is 12.3. The zero-order valence-electron chi connectivity index (χ0n) is 9.03. The van der Waals surface area contributed by atoms with Crippen molar-refractivity contribution in [2.45, 2.75) is 24.5 Å². The zero-order chi connectivity index (χ0) is 12.9. The van der Waals surface area contributed by atoms with Gasteiger partial charge in [-0.25, -0.2) is 0 Å². The fourth-order valence-corrected chi connectivity index (χ4v) is 3.39. The van der Waals surface area contributed by atoms with Crippen molar-refractivity contribution >= 4 is 25.4 Å². The van der Waals surface area contributed by atoms with E-state index in [9.17, 15) is 18.0 Å². The van der Waals surface area contributed by atoms with Crippen LogP contribution in [0.1, 0.15) is 13.3 Å². The molecule has 0 aromatic heterocycles. The van der Waals surface area contributed by atoms with Crippen molar-refractivity contribution in [3.8, 4) is 0 Å². The van der Waals surface area contributed by atoms with Gasteiger partial charge < -0.3 is 0 Å². The quantitative estimate of drug-likeness (QED) is 0.627. The number of carbonyl (C=O) groups excluding carboxylic acids is 1. The molecule has 1 aromatic rings. The average molecular weight is 311 g/mol. The fraction of sp³-hybridized carbons (Fsp3) is 0.364. The van der Waals surface area contributed by atoms with Crippen LogP contribution in [0.25, 0.3) is 0 Å². The molecule has 17 heavy (non-hydrogen) atoms. The Balaban J connectivity index is 2.67. The molecule has 0 saturated carbocycles. The molecule has 0 aliphatic heterocycles. The molecule has 0 spiro atoms. The number of carbonyl (C=O) groups is 1. The van der Waals surface area contributed by atoms with Gasteiger partial charge in [-0.3, -0.25) is 0 Å². The van der Waals surface area contributed by atoms with Gasteiger partial charge in [-0.1, -0.05) is 0 Å². The van der Waals surface area contributed by atoms with E-state index in [0.29, 0.717) is 0 Å². The Bertz CT molecular complexity index is 365. The summed E-state index contributed by atoms with van der Waals surface area (Å²) in [7, 11) is 0. The standard InChI is InChI=1S/C11H11F3O2Se/c1-8(15)16-10(7-11(12,13)14)17-9-5-3-2-4-6-9/h2-6,10H,7H2,1H3. The molecule has 0 aliphatic rings. The van der Waals surface area contributed by atoms with Gasteiger partial charge in [-0.15, -0.1) is 0 Å². The SMILES string of the molecule is CC(=O)OC(CC(F)(F)F)[Se]c1ccccc1. The minimum atomic E-state index is -4.32. The molecule has 1 atom stereocenters. The van der Waals surface area contributed by atoms with Crippen LogP contribution in [-0.4, -0.2) is 32.1 Å². The van der Waals surface area contributed by atoms with Crippen LogP contribution in [-0.2, 0) is 9.53 Å². The van der Waals surface area contributed by atoms with Crippen LogP contribution >= 0.6 is 0 Å². The predicted molar refractivity (Wildman–Crippen MR) is 58.1 cm³/mol. The van der Waals surface area contributed by atoms with Gasteiger partial charge >= 0.3 is 103 Å². The second kappa shape index (κ2) is 6.07. The summed E-state index contributed by atoms with van der Waals surface area (Å²) >= 11 is -0.539. The first-order chi connectivity index (χ1) is 7.87.